The summed E-state index contributed by atoms with van der Waals surface area (Å²) in [6.07, 6.45) is 5.49. The van der Waals surface area contributed by atoms with E-state index in [1.807, 2.05) is 0 Å². The van der Waals surface area contributed by atoms with E-state index in [0.29, 0.717) is 12.0 Å². The number of hydrogen-bond acceptors (Lipinski definition) is 3. The van der Waals surface area contributed by atoms with Gasteiger partial charge in [-0.3, -0.25) is 4.79 Å². The fraction of sp³-hybridized carbons (Fsp3) is 0.933. The summed E-state index contributed by atoms with van der Waals surface area (Å²) in [5.41, 5.74) is 5.72. The lowest BCUT2D eigenvalue weighted by Gasteiger charge is -2.28. The molecular formula is C15H31N3O. The highest BCUT2D eigenvalue weighted by Crippen LogP contribution is 2.28. The molecule has 0 aromatic rings. The maximum atomic E-state index is 12.1. The molecule has 3 unspecified atom stereocenters. The van der Waals surface area contributed by atoms with Gasteiger partial charge in [0, 0.05) is 25.0 Å². The summed E-state index contributed by atoms with van der Waals surface area (Å²) < 4.78 is 0. The van der Waals surface area contributed by atoms with Crippen molar-refractivity contribution in [1.82, 2.24) is 10.2 Å². The summed E-state index contributed by atoms with van der Waals surface area (Å²) in [5, 5.41) is 3.09. The first-order valence-electron chi connectivity index (χ1n) is 7.76. The van der Waals surface area contributed by atoms with Crippen LogP contribution in [0.25, 0.3) is 0 Å². The third-order valence-electron chi connectivity index (χ3n) is 4.59. The van der Waals surface area contributed by atoms with Gasteiger partial charge in [0.2, 0.25) is 5.91 Å². The molecule has 4 nitrogen and oxygen atoms in total. The van der Waals surface area contributed by atoms with Gasteiger partial charge in [-0.1, -0.05) is 13.3 Å². The third kappa shape index (κ3) is 5.49. The van der Waals surface area contributed by atoms with Crippen molar-refractivity contribution in [3.8, 4) is 0 Å². The Balaban J connectivity index is 2.23. The van der Waals surface area contributed by atoms with Gasteiger partial charge < -0.3 is 16.0 Å². The lowest BCUT2D eigenvalue weighted by Crippen LogP contribution is -2.40. The highest BCUT2D eigenvalue weighted by Gasteiger charge is 2.26. The summed E-state index contributed by atoms with van der Waals surface area (Å²) in [6, 6.07) is 0.577. The molecule has 1 aliphatic carbocycles. The molecule has 0 saturated heterocycles. The zero-order valence-corrected chi connectivity index (χ0v) is 12.8. The molecule has 112 valence electrons. The fourth-order valence-corrected chi connectivity index (χ4v) is 2.78. The monoisotopic (exact) mass is 269 g/mol. The molecule has 4 heteroatoms. The molecule has 0 aromatic carbocycles. The molecule has 0 heterocycles. The van der Waals surface area contributed by atoms with Crippen molar-refractivity contribution in [2.75, 3.05) is 26.7 Å². The van der Waals surface area contributed by atoms with Crippen LogP contribution in [0, 0.1) is 11.8 Å². The van der Waals surface area contributed by atoms with Crippen molar-refractivity contribution in [2.45, 2.75) is 52.0 Å². The Kier molecular flexibility index (Phi) is 7.39. The topological polar surface area (TPSA) is 58.4 Å². The summed E-state index contributed by atoms with van der Waals surface area (Å²) in [7, 11) is 2.12. The molecule has 1 fully saturated rings. The van der Waals surface area contributed by atoms with Gasteiger partial charge in [-0.15, -0.1) is 0 Å². The van der Waals surface area contributed by atoms with Gasteiger partial charge in [0.25, 0.3) is 0 Å². The number of nitrogens with two attached hydrogens (primary N) is 1. The van der Waals surface area contributed by atoms with Gasteiger partial charge in [-0.25, -0.2) is 0 Å². The number of carbonyl (C=O) groups is 1. The Hall–Kier alpha value is -0.610. The Labute approximate surface area is 118 Å². The van der Waals surface area contributed by atoms with Gasteiger partial charge in [0.15, 0.2) is 0 Å². The van der Waals surface area contributed by atoms with E-state index in [1.54, 1.807) is 0 Å². The standard InChI is InChI=1S/C15H31N3O/c1-4-12(2)18(3)9-8-17-15(19)14-7-5-6-13(10-14)11-16/h12-14H,4-11,16H2,1-3H3,(H,17,19). The van der Waals surface area contributed by atoms with Gasteiger partial charge in [0.05, 0.1) is 0 Å². The average molecular weight is 269 g/mol. The molecule has 0 aliphatic heterocycles. The van der Waals surface area contributed by atoms with Crippen LogP contribution in [0.4, 0.5) is 0 Å². The predicted octanol–water partition coefficient (Wildman–Crippen LogP) is 1.60. The van der Waals surface area contributed by atoms with Crippen molar-refractivity contribution in [3.05, 3.63) is 0 Å². The zero-order valence-electron chi connectivity index (χ0n) is 12.8. The van der Waals surface area contributed by atoms with Crippen molar-refractivity contribution >= 4 is 5.91 Å². The lowest BCUT2D eigenvalue weighted by atomic mass is 9.81. The molecule has 1 rings (SSSR count). The first kappa shape index (κ1) is 16.4. The highest BCUT2D eigenvalue weighted by molar-refractivity contribution is 5.78. The summed E-state index contributed by atoms with van der Waals surface area (Å²) in [6.45, 7) is 6.81. The normalized spacial score (nSPS) is 25.3. The summed E-state index contributed by atoms with van der Waals surface area (Å²) in [4.78, 5) is 14.4. The minimum absolute atomic E-state index is 0.191. The van der Waals surface area contributed by atoms with Crippen LogP contribution in [-0.2, 0) is 4.79 Å². The number of amides is 1. The van der Waals surface area contributed by atoms with Crippen LogP contribution in [-0.4, -0.2) is 43.5 Å². The summed E-state index contributed by atoms with van der Waals surface area (Å²) >= 11 is 0. The highest BCUT2D eigenvalue weighted by atomic mass is 16.1. The second kappa shape index (κ2) is 8.54. The van der Waals surface area contributed by atoms with Crippen LogP contribution in [0.15, 0.2) is 0 Å². The first-order chi connectivity index (χ1) is 9.08. The minimum Gasteiger partial charge on any atom is -0.355 e. The van der Waals surface area contributed by atoms with Gasteiger partial charge in [-0.2, -0.15) is 0 Å². The van der Waals surface area contributed by atoms with Crippen LogP contribution in [0.2, 0.25) is 0 Å². The van der Waals surface area contributed by atoms with E-state index in [-0.39, 0.29) is 11.8 Å². The molecule has 0 bridgehead atoms. The van der Waals surface area contributed by atoms with Crippen LogP contribution in [0.5, 0.6) is 0 Å². The maximum absolute atomic E-state index is 12.1. The van der Waals surface area contributed by atoms with Crippen LogP contribution >= 0.6 is 0 Å². The van der Waals surface area contributed by atoms with Crippen LogP contribution in [0.1, 0.15) is 46.0 Å². The predicted molar refractivity (Wildman–Crippen MR) is 79.9 cm³/mol. The maximum Gasteiger partial charge on any atom is 0.223 e. The fourth-order valence-electron chi connectivity index (χ4n) is 2.78. The minimum atomic E-state index is 0.191. The number of carbonyl (C=O) groups excluding carboxylic acids is 1. The van der Waals surface area contributed by atoms with Gasteiger partial charge in [0.1, 0.15) is 0 Å². The largest absolute Gasteiger partial charge is 0.355 e. The number of hydrogen-bond donors (Lipinski definition) is 2. The van der Waals surface area contributed by atoms with E-state index in [2.05, 4.69) is 31.1 Å². The van der Waals surface area contributed by atoms with E-state index in [0.717, 1.165) is 45.3 Å². The first-order valence-corrected chi connectivity index (χ1v) is 7.76. The average Bonchev–Trinajstić information content (AvgIpc) is 2.46. The number of nitrogens with one attached hydrogen (secondary N) is 1. The van der Waals surface area contributed by atoms with E-state index < -0.39 is 0 Å². The molecular weight excluding hydrogens is 238 g/mol. The Morgan fingerprint density at radius 1 is 1.47 bits per heavy atom. The molecule has 0 radical (unpaired) electrons. The number of likely N-dealkylation sites (N-methyl/N-ethyl adjacent to an activating group) is 1. The molecule has 19 heavy (non-hydrogen) atoms. The summed E-state index contributed by atoms with van der Waals surface area (Å²) in [5.74, 6) is 0.971. The zero-order chi connectivity index (χ0) is 14.3. The molecule has 3 N–H and O–H groups in total. The Bertz CT molecular complexity index is 270. The SMILES string of the molecule is CCC(C)N(C)CCNC(=O)C1CCCC(CN)C1. The van der Waals surface area contributed by atoms with Crippen molar-refractivity contribution < 1.29 is 4.79 Å². The molecule has 0 spiro atoms. The van der Waals surface area contributed by atoms with Crippen LogP contribution in [0.3, 0.4) is 0 Å². The van der Waals surface area contributed by atoms with E-state index in [4.69, 9.17) is 5.73 Å². The third-order valence-corrected chi connectivity index (χ3v) is 4.59. The smallest absolute Gasteiger partial charge is 0.223 e. The van der Waals surface area contributed by atoms with Crippen molar-refractivity contribution in [2.24, 2.45) is 17.6 Å². The second-order valence-electron chi connectivity index (χ2n) is 5.99. The van der Waals surface area contributed by atoms with Crippen molar-refractivity contribution in [1.29, 1.82) is 0 Å². The van der Waals surface area contributed by atoms with Crippen molar-refractivity contribution in [3.63, 3.8) is 0 Å². The molecule has 1 amide bonds. The second-order valence-corrected chi connectivity index (χ2v) is 5.99. The van der Waals surface area contributed by atoms with Gasteiger partial charge >= 0.3 is 0 Å². The van der Waals surface area contributed by atoms with E-state index in [1.165, 1.54) is 6.42 Å². The molecule has 1 saturated carbocycles. The Morgan fingerprint density at radius 2 is 2.21 bits per heavy atom. The molecule has 3 atom stereocenters. The van der Waals surface area contributed by atoms with E-state index in [9.17, 15) is 4.79 Å². The molecule has 1 aliphatic rings. The Morgan fingerprint density at radius 3 is 2.84 bits per heavy atom. The van der Waals surface area contributed by atoms with Crippen LogP contribution < -0.4 is 11.1 Å². The molecule has 0 aromatic heterocycles. The number of nitrogens with zero attached hydrogens (tertiary/aromatic N) is 1. The lowest BCUT2D eigenvalue weighted by molar-refractivity contribution is -0.126. The quantitative estimate of drug-likeness (QED) is 0.738. The van der Waals surface area contributed by atoms with Gasteiger partial charge in [-0.05, 0) is 52.1 Å². The van der Waals surface area contributed by atoms with E-state index >= 15 is 0 Å². The number of rotatable bonds is 7.